The van der Waals surface area contributed by atoms with E-state index in [1.54, 1.807) is 6.20 Å². The van der Waals surface area contributed by atoms with Crippen LogP contribution in [0, 0.1) is 12.8 Å². The van der Waals surface area contributed by atoms with Crippen molar-refractivity contribution in [3.8, 4) is 0 Å². The van der Waals surface area contributed by atoms with Crippen LogP contribution < -0.4 is 16.0 Å². The number of hydrogen-bond acceptors (Lipinski definition) is 5. The van der Waals surface area contributed by atoms with Gasteiger partial charge >= 0.3 is 6.09 Å². The Morgan fingerprint density at radius 1 is 1.48 bits per heavy atom. The summed E-state index contributed by atoms with van der Waals surface area (Å²) in [6.45, 7) is 6.99. The van der Waals surface area contributed by atoms with Crippen LogP contribution >= 0.6 is 0 Å². The number of amides is 2. The fraction of sp³-hybridized carbons (Fsp3) is 0.611. The van der Waals surface area contributed by atoms with Crippen LogP contribution in [0.15, 0.2) is 12.3 Å². The van der Waals surface area contributed by atoms with Gasteiger partial charge in [0.2, 0.25) is 0 Å². The van der Waals surface area contributed by atoms with Gasteiger partial charge in [-0.15, -0.1) is 0 Å². The zero-order valence-corrected chi connectivity index (χ0v) is 15.0. The molecule has 1 saturated carbocycles. The van der Waals surface area contributed by atoms with Gasteiger partial charge in [-0.3, -0.25) is 9.78 Å². The van der Waals surface area contributed by atoms with Crippen molar-refractivity contribution < 1.29 is 14.3 Å². The summed E-state index contributed by atoms with van der Waals surface area (Å²) in [4.78, 5) is 30.2. The molecule has 0 spiro atoms. The first-order valence-corrected chi connectivity index (χ1v) is 8.78. The standard InChI is InChI=1S/C18H26N4O3/c1-11-8-15(22-7-6-18(3,10-22)25-17(19)24)14(9-20-11)16(23)21-12(2)13-4-5-13/h8-9,12-13H,4-7,10H2,1-3H3,(H2,19,24)(H,21,23)/t12-,18-/m0/s1. The Morgan fingerprint density at radius 3 is 2.84 bits per heavy atom. The van der Waals surface area contributed by atoms with Crippen molar-refractivity contribution in [2.45, 2.75) is 51.7 Å². The molecule has 1 aromatic rings. The van der Waals surface area contributed by atoms with E-state index in [0.717, 1.165) is 11.4 Å². The number of hydrogen-bond donors (Lipinski definition) is 2. The van der Waals surface area contributed by atoms with Crippen LogP contribution in [0.4, 0.5) is 10.5 Å². The number of ether oxygens (including phenoxy) is 1. The lowest BCUT2D eigenvalue weighted by Crippen LogP contribution is -2.38. The van der Waals surface area contributed by atoms with E-state index in [4.69, 9.17) is 10.5 Å². The fourth-order valence-electron chi connectivity index (χ4n) is 3.45. The molecule has 0 unspecified atom stereocenters. The number of nitrogens with one attached hydrogen (secondary N) is 1. The largest absolute Gasteiger partial charge is 0.441 e. The van der Waals surface area contributed by atoms with Crippen LogP contribution in [-0.4, -0.2) is 41.7 Å². The minimum atomic E-state index is -0.772. The first-order chi connectivity index (χ1) is 11.8. The first kappa shape index (κ1) is 17.5. The molecule has 3 rings (SSSR count). The third kappa shape index (κ3) is 4.03. The van der Waals surface area contributed by atoms with Crippen LogP contribution in [0.5, 0.6) is 0 Å². The second-order valence-corrected chi connectivity index (χ2v) is 7.48. The zero-order chi connectivity index (χ0) is 18.2. The normalized spacial score (nSPS) is 24.0. The Kier molecular flexibility index (Phi) is 4.58. The Balaban J connectivity index is 1.80. The van der Waals surface area contributed by atoms with Crippen molar-refractivity contribution in [3.63, 3.8) is 0 Å². The van der Waals surface area contributed by atoms with Gasteiger partial charge in [-0.2, -0.15) is 0 Å². The lowest BCUT2D eigenvalue weighted by atomic mass is 10.1. The third-order valence-electron chi connectivity index (χ3n) is 5.07. The molecule has 2 aliphatic rings. The second-order valence-electron chi connectivity index (χ2n) is 7.48. The molecular formula is C18H26N4O3. The van der Waals surface area contributed by atoms with E-state index in [1.807, 2.05) is 26.8 Å². The molecule has 3 N–H and O–H groups in total. The number of nitrogens with zero attached hydrogens (tertiary/aromatic N) is 2. The average Bonchev–Trinajstić information content (AvgIpc) is 3.30. The Bertz CT molecular complexity index is 689. The molecule has 1 aromatic heterocycles. The van der Waals surface area contributed by atoms with E-state index in [1.165, 1.54) is 12.8 Å². The van der Waals surface area contributed by atoms with E-state index in [9.17, 15) is 9.59 Å². The van der Waals surface area contributed by atoms with Gasteiger partial charge in [-0.05, 0) is 45.6 Å². The highest BCUT2D eigenvalue weighted by Gasteiger charge is 2.38. The molecule has 2 heterocycles. The van der Waals surface area contributed by atoms with Gasteiger partial charge in [0, 0.05) is 30.9 Å². The summed E-state index contributed by atoms with van der Waals surface area (Å²) >= 11 is 0. The number of carbonyl (C=O) groups excluding carboxylic acids is 2. The van der Waals surface area contributed by atoms with Gasteiger partial charge in [-0.25, -0.2) is 4.79 Å². The number of primary amides is 1. The van der Waals surface area contributed by atoms with E-state index in [0.29, 0.717) is 31.0 Å². The van der Waals surface area contributed by atoms with Crippen LogP contribution in [0.25, 0.3) is 0 Å². The van der Waals surface area contributed by atoms with E-state index in [2.05, 4.69) is 15.2 Å². The molecular weight excluding hydrogens is 320 g/mol. The van der Waals surface area contributed by atoms with Crippen molar-refractivity contribution in [1.29, 1.82) is 0 Å². The number of aryl methyl sites for hydroxylation is 1. The Labute approximate surface area is 147 Å². The summed E-state index contributed by atoms with van der Waals surface area (Å²) in [5.41, 5.74) is 6.76. The maximum absolute atomic E-state index is 12.7. The third-order valence-corrected chi connectivity index (χ3v) is 5.07. The van der Waals surface area contributed by atoms with Gasteiger partial charge in [-0.1, -0.05) is 0 Å². The molecule has 1 aliphatic heterocycles. The number of rotatable bonds is 5. The predicted molar refractivity (Wildman–Crippen MR) is 94.5 cm³/mol. The summed E-state index contributed by atoms with van der Waals surface area (Å²) < 4.78 is 5.27. The number of nitrogens with two attached hydrogens (primary N) is 1. The molecule has 2 atom stereocenters. The van der Waals surface area contributed by atoms with Gasteiger partial charge in [0.25, 0.3) is 5.91 Å². The van der Waals surface area contributed by atoms with E-state index >= 15 is 0 Å². The highest BCUT2D eigenvalue weighted by Crippen LogP contribution is 2.34. The smallest absolute Gasteiger partial charge is 0.405 e. The maximum atomic E-state index is 12.7. The van der Waals surface area contributed by atoms with E-state index < -0.39 is 11.7 Å². The number of pyridine rings is 1. The molecule has 0 bridgehead atoms. The second kappa shape index (κ2) is 6.54. The van der Waals surface area contributed by atoms with Crippen molar-refractivity contribution in [2.75, 3.05) is 18.0 Å². The Hall–Kier alpha value is -2.31. The van der Waals surface area contributed by atoms with Gasteiger partial charge < -0.3 is 20.7 Å². The van der Waals surface area contributed by atoms with E-state index in [-0.39, 0.29) is 11.9 Å². The molecule has 1 saturated heterocycles. The van der Waals surface area contributed by atoms with Crippen molar-refractivity contribution in [1.82, 2.24) is 10.3 Å². The van der Waals surface area contributed by atoms with Crippen molar-refractivity contribution >= 4 is 17.7 Å². The number of aromatic nitrogens is 1. The monoisotopic (exact) mass is 346 g/mol. The zero-order valence-electron chi connectivity index (χ0n) is 15.0. The number of anilines is 1. The molecule has 0 aromatic carbocycles. The lowest BCUT2D eigenvalue weighted by Gasteiger charge is -2.26. The first-order valence-electron chi connectivity index (χ1n) is 8.78. The molecule has 7 heteroatoms. The highest BCUT2D eigenvalue weighted by atomic mass is 16.6. The minimum Gasteiger partial charge on any atom is -0.441 e. The Morgan fingerprint density at radius 2 is 2.20 bits per heavy atom. The highest BCUT2D eigenvalue weighted by molar-refractivity contribution is 5.99. The molecule has 1 aliphatic carbocycles. The SMILES string of the molecule is Cc1cc(N2CC[C@](C)(OC(N)=O)C2)c(C(=O)N[C@@H](C)C2CC2)cn1. The van der Waals surface area contributed by atoms with Crippen LogP contribution in [-0.2, 0) is 4.74 Å². The maximum Gasteiger partial charge on any atom is 0.405 e. The van der Waals surface area contributed by atoms with Gasteiger partial charge in [0.15, 0.2) is 0 Å². The summed E-state index contributed by atoms with van der Waals surface area (Å²) in [7, 11) is 0. The summed E-state index contributed by atoms with van der Waals surface area (Å²) in [5.74, 6) is 0.483. The molecule has 7 nitrogen and oxygen atoms in total. The van der Waals surface area contributed by atoms with Gasteiger partial charge in [0.05, 0.1) is 17.8 Å². The van der Waals surface area contributed by atoms with Crippen LogP contribution in [0.1, 0.15) is 49.2 Å². The molecule has 2 amide bonds. The molecule has 2 fully saturated rings. The molecule has 25 heavy (non-hydrogen) atoms. The average molecular weight is 346 g/mol. The molecule has 136 valence electrons. The minimum absolute atomic E-state index is 0.105. The topological polar surface area (TPSA) is 97.5 Å². The van der Waals surface area contributed by atoms with Crippen molar-refractivity contribution in [2.24, 2.45) is 11.7 Å². The van der Waals surface area contributed by atoms with Crippen LogP contribution in [0.3, 0.4) is 0 Å². The quantitative estimate of drug-likeness (QED) is 0.849. The fourth-order valence-corrected chi connectivity index (χ4v) is 3.45. The number of carbonyl (C=O) groups is 2. The molecule has 0 radical (unpaired) electrons. The lowest BCUT2D eigenvalue weighted by molar-refractivity contribution is 0.0480. The van der Waals surface area contributed by atoms with Crippen LogP contribution in [0.2, 0.25) is 0 Å². The predicted octanol–water partition coefficient (Wildman–Crippen LogP) is 1.98. The van der Waals surface area contributed by atoms with Gasteiger partial charge in [0.1, 0.15) is 5.60 Å². The van der Waals surface area contributed by atoms with Crippen molar-refractivity contribution in [3.05, 3.63) is 23.5 Å². The summed E-state index contributed by atoms with van der Waals surface area (Å²) in [6, 6.07) is 2.08. The summed E-state index contributed by atoms with van der Waals surface area (Å²) in [5, 5.41) is 3.08. The summed E-state index contributed by atoms with van der Waals surface area (Å²) in [6.07, 6.45) is 3.87.